The summed E-state index contributed by atoms with van der Waals surface area (Å²) in [5, 5.41) is -0.447. The molecule has 2 atom stereocenters. The van der Waals surface area contributed by atoms with Gasteiger partial charge in [-0.3, -0.25) is 4.79 Å². The minimum absolute atomic E-state index is 0. The van der Waals surface area contributed by atoms with Crippen LogP contribution in [0.2, 0.25) is 0 Å². The van der Waals surface area contributed by atoms with Crippen molar-refractivity contribution in [2.45, 2.75) is 57.1 Å². The van der Waals surface area contributed by atoms with Crippen LogP contribution < -0.4 is 5.73 Å². The van der Waals surface area contributed by atoms with Gasteiger partial charge in [-0.25, -0.2) is 12.7 Å². The summed E-state index contributed by atoms with van der Waals surface area (Å²) in [4.78, 5) is 14.5. The summed E-state index contributed by atoms with van der Waals surface area (Å²) in [5.74, 6) is 0.305. The van der Waals surface area contributed by atoms with Gasteiger partial charge in [-0.05, 0) is 44.1 Å². The van der Waals surface area contributed by atoms with Crippen molar-refractivity contribution in [3.8, 4) is 0 Å². The summed E-state index contributed by atoms with van der Waals surface area (Å²) in [7, 11) is -3.35. The van der Waals surface area contributed by atoms with Gasteiger partial charge in [0.15, 0.2) is 0 Å². The van der Waals surface area contributed by atoms with E-state index in [1.54, 1.807) is 4.31 Å². The first-order chi connectivity index (χ1) is 11.4. The van der Waals surface area contributed by atoms with Gasteiger partial charge in [0.1, 0.15) is 0 Å². The summed E-state index contributed by atoms with van der Waals surface area (Å²) in [5.41, 5.74) is 5.70. The molecule has 146 valence electrons. The molecule has 1 amide bonds. The van der Waals surface area contributed by atoms with Crippen LogP contribution in [0.3, 0.4) is 0 Å². The van der Waals surface area contributed by atoms with E-state index in [4.69, 9.17) is 5.73 Å². The monoisotopic (exact) mass is 393 g/mol. The second kappa shape index (κ2) is 8.11. The van der Waals surface area contributed by atoms with Gasteiger partial charge in [0, 0.05) is 32.1 Å². The fourth-order valence-electron chi connectivity index (χ4n) is 4.39. The summed E-state index contributed by atoms with van der Waals surface area (Å²) >= 11 is 0. The maximum absolute atomic E-state index is 13.0. The lowest BCUT2D eigenvalue weighted by molar-refractivity contribution is -0.136. The fourth-order valence-corrected chi connectivity index (χ4v) is 6.48. The third-order valence-corrected chi connectivity index (χ3v) is 8.45. The van der Waals surface area contributed by atoms with Crippen LogP contribution in [-0.2, 0) is 14.8 Å². The second-order valence-electron chi connectivity index (χ2n) is 8.17. The van der Waals surface area contributed by atoms with Gasteiger partial charge in [-0.1, -0.05) is 19.8 Å². The molecular weight excluding hydrogens is 362 g/mol. The van der Waals surface area contributed by atoms with Crippen molar-refractivity contribution in [3.05, 3.63) is 0 Å². The third kappa shape index (κ3) is 4.31. The van der Waals surface area contributed by atoms with E-state index in [9.17, 15) is 13.2 Å². The van der Waals surface area contributed by atoms with Crippen LogP contribution in [0.4, 0.5) is 0 Å². The van der Waals surface area contributed by atoms with Crippen LogP contribution >= 0.6 is 12.4 Å². The van der Waals surface area contributed by atoms with Gasteiger partial charge in [-0.15, -0.1) is 12.4 Å². The Morgan fingerprint density at radius 3 is 2.44 bits per heavy atom. The molecule has 0 aromatic heterocycles. The molecule has 2 N–H and O–H groups in total. The van der Waals surface area contributed by atoms with E-state index in [0.717, 1.165) is 38.5 Å². The Hall–Kier alpha value is -0.370. The first kappa shape index (κ1) is 20.9. The molecule has 3 aliphatic rings. The Bertz CT molecular complexity index is 580. The highest BCUT2D eigenvalue weighted by Gasteiger charge is 2.43. The molecule has 0 aromatic rings. The van der Waals surface area contributed by atoms with Gasteiger partial charge in [0.2, 0.25) is 15.9 Å². The van der Waals surface area contributed by atoms with E-state index in [2.05, 4.69) is 6.92 Å². The average Bonchev–Trinajstić information content (AvgIpc) is 3.25. The van der Waals surface area contributed by atoms with E-state index in [1.165, 1.54) is 0 Å². The number of piperidine rings is 1. The van der Waals surface area contributed by atoms with Crippen LogP contribution in [0.15, 0.2) is 0 Å². The Morgan fingerprint density at radius 2 is 1.84 bits per heavy atom. The summed E-state index contributed by atoms with van der Waals surface area (Å²) in [6.07, 6.45) is 6.44. The number of nitrogens with two attached hydrogens (primary N) is 1. The van der Waals surface area contributed by atoms with Gasteiger partial charge in [-0.2, -0.15) is 0 Å². The minimum atomic E-state index is -3.35. The zero-order valence-electron chi connectivity index (χ0n) is 15.2. The van der Waals surface area contributed by atoms with Crippen LogP contribution in [0, 0.1) is 11.3 Å². The Morgan fingerprint density at radius 1 is 1.16 bits per heavy atom. The largest absolute Gasteiger partial charge is 0.341 e. The number of nitrogens with zero attached hydrogens (tertiary/aromatic N) is 2. The maximum atomic E-state index is 13.0. The van der Waals surface area contributed by atoms with Crippen molar-refractivity contribution in [2.75, 3.05) is 32.7 Å². The van der Waals surface area contributed by atoms with Crippen LogP contribution in [0.5, 0.6) is 0 Å². The zero-order chi connectivity index (χ0) is 17.4. The Kier molecular flexibility index (Phi) is 6.79. The number of rotatable bonds is 4. The second-order valence-corrected chi connectivity index (χ2v) is 10.4. The van der Waals surface area contributed by atoms with E-state index < -0.39 is 15.3 Å². The van der Waals surface area contributed by atoms with Gasteiger partial charge >= 0.3 is 0 Å². The van der Waals surface area contributed by atoms with Gasteiger partial charge in [0.05, 0.1) is 5.25 Å². The number of carbonyl (C=O) groups is 1. The quantitative estimate of drug-likeness (QED) is 0.786. The van der Waals surface area contributed by atoms with Crippen molar-refractivity contribution in [3.63, 3.8) is 0 Å². The molecule has 2 unspecified atom stereocenters. The SMILES string of the molecule is CC1(CN)CCN(S(=O)(=O)C2CCCN(C(=O)C3CCCC3)C2)C1.Cl. The lowest BCUT2D eigenvalue weighted by Crippen LogP contribution is -2.50. The predicted octanol–water partition coefficient (Wildman–Crippen LogP) is 1.59. The number of carbonyl (C=O) groups excluding carboxylic acids is 1. The molecule has 2 aliphatic heterocycles. The highest BCUT2D eigenvalue weighted by Crippen LogP contribution is 2.34. The molecule has 0 aromatic carbocycles. The number of likely N-dealkylation sites (tertiary alicyclic amines) is 1. The topological polar surface area (TPSA) is 83.7 Å². The summed E-state index contributed by atoms with van der Waals surface area (Å²) < 4.78 is 27.7. The van der Waals surface area contributed by atoms with E-state index in [1.807, 2.05) is 4.90 Å². The number of hydrogen-bond acceptors (Lipinski definition) is 4. The van der Waals surface area contributed by atoms with Crippen molar-refractivity contribution in [1.29, 1.82) is 0 Å². The lowest BCUT2D eigenvalue weighted by atomic mass is 9.90. The molecule has 0 spiro atoms. The molecule has 6 nitrogen and oxygen atoms in total. The number of amides is 1. The molecule has 0 radical (unpaired) electrons. The van der Waals surface area contributed by atoms with E-state index >= 15 is 0 Å². The highest BCUT2D eigenvalue weighted by molar-refractivity contribution is 7.89. The van der Waals surface area contributed by atoms with Crippen LogP contribution in [-0.4, -0.2) is 61.5 Å². The highest BCUT2D eigenvalue weighted by atomic mass is 35.5. The van der Waals surface area contributed by atoms with Crippen molar-refractivity contribution in [2.24, 2.45) is 17.1 Å². The average molecular weight is 394 g/mol. The van der Waals surface area contributed by atoms with E-state index in [0.29, 0.717) is 39.1 Å². The van der Waals surface area contributed by atoms with Crippen LogP contribution in [0.25, 0.3) is 0 Å². The molecule has 8 heteroatoms. The molecule has 3 rings (SSSR count). The smallest absolute Gasteiger partial charge is 0.225 e. The third-order valence-electron chi connectivity index (χ3n) is 6.19. The number of sulfonamides is 1. The normalized spacial score (nSPS) is 31.9. The summed E-state index contributed by atoms with van der Waals surface area (Å²) in [6.45, 7) is 4.71. The maximum Gasteiger partial charge on any atom is 0.225 e. The molecular formula is C17H32ClN3O3S. The molecule has 2 saturated heterocycles. The minimum Gasteiger partial charge on any atom is -0.341 e. The molecule has 1 aliphatic carbocycles. The zero-order valence-corrected chi connectivity index (χ0v) is 16.8. The number of hydrogen-bond donors (Lipinski definition) is 1. The fraction of sp³-hybridized carbons (Fsp3) is 0.941. The first-order valence-electron chi connectivity index (χ1n) is 9.33. The van der Waals surface area contributed by atoms with Crippen LogP contribution in [0.1, 0.15) is 51.9 Å². The Balaban J connectivity index is 0.00000225. The van der Waals surface area contributed by atoms with Crippen molar-refractivity contribution >= 4 is 28.3 Å². The standard InChI is InChI=1S/C17H31N3O3S.ClH/c1-17(12-18)8-10-20(13-17)24(22,23)15-7-4-9-19(11-15)16(21)14-5-2-3-6-14;/h14-15H,2-13,18H2,1H3;1H. The van der Waals surface area contributed by atoms with Gasteiger partial charge in [0.25, 0.3) is 0 Å². The summed E-state index contributed by atoms with van der Waals surface area (Å²) in [6, 6.07) is 0. The lowest BCUT2D eigenvalue weighted by Gasteiger charge is -2.36. The number of halogens is 1. The van der Waals surface area contributed by atoms with Gasteiger partial charge < -0.3 is 10.6 Å². The molecule has 0 bridgehead atoms. The molecule has 25 heavy (non-hydrogen) atoms. The Labute approximate surface area is 157 Å². The van der Waals surface area contributed by atoms with Crippen molar-refractivity contribution < 1.29 is 13.2 Å². The van der Waals surface area contributed by atoms with Crippen molar-refractivity contribution in [1.82, 2.24) is 9.21 Å². The van der Waals surface area contributed by atoms with E-state index in [-0.39, 0.29) is 29.6 Å². The predicted molar refractivity (Wildman–Crippen MR) is 101 cm³/mol. The molecule has 2 heterocycles. The molecule has 1 saturated carbocycles. The first-order valence-corrected chi connectivity index (χ1v) is 10.8. The molecule has 3 fully saturated rings.